The molecule has 1 atom stereocenters. The Morgan fingerprint density at radius 2 is 1.41 bits per heavy atom. The fraction of sp³-hybridized carbons (Fsp3) is 0.458. The molecule has 13 nitrogen and oxygen atoms in total. The zero-order valence-electron chi connectivity index (χ0n) is 20.6. The highest BCUT2D eigenvalue weighted by molar-refractivity contribution is 5.92. The van der Waals surface area contributed by atoms with E-state index in [9.17, 15) is 34.2 Å². The van der Waals surface area contributed by atoms with Crippen LogP contribution in [0.1, 0.15) is 18.9 Å². The van der Waals surface area contributed by atoms with Crippen molar-refractivity contribution >= 4 is 29.8 Å². The van der Waals surface area contributed by atoms with Crippen molar-refractivity contribution in [2.45, 2.75) is 25.8 Å². The number of hydrogen-bond acceptors (Lipinski definition) is 8. The Bertz CT molecular complexity index is 932. The van der Waals surface area contributed by atoms with Crippen LogP contribution in [0.25, 0.3) is 0 Å². The van der Waals surface area contributed by atoms with Gasteiger partial charge in [-0.3, -0.25) is 33.8 Å². The third-order valence-electron chi connectivity index (χ3n) is 5.04. The van der Waals surface area contributed by atoms with Gasteiger partial charge in [0.2, 0.25) is 5.91 Å². The Morgan fingerprint density at radius 3 is 1.86 bits per heavy atom. The number of hydrogen-bond donors (Lipinski definition) is 5. The highest BCUT2D eigenvalue weighted by Gasteiger charge is 2.27. The molecular weight excluding hydrogens is 490 g/mol. The lowest BCUT2D eigenvalue weighted by molar-refractivity contribution is -0.146. The summed E-state index contributed by atoms with van der Waals surface area (Å²) in [4.78, 5) is 58.9. The quantitative estimate of drug-likeness (QED) is 0.121. The minimum atomic E-state index is -1.28. The van der Waals surface area contributed by atoms with E-state index in [4.69, 9.17) is 14.9 Å². The minimum absolute atomic E-state index is 0.128. The van der Waals surface area contributed by atoms with Crippen LogP contribution in [0, 0.1) is 0 Å². The molecule has 0 aliphatic heterocycles. The largest absolute Gasteiger partial charge is 0.494 e. The van der Waals surface area contributed by atoms with Gasteiger partial charge >= 0.3 is 23.9 Å². The number of aliphatic carboxylic acids is 4. The average molecular weight is 524 g/mol. The lowest BCUT2D eigenvalue weighted by atomic mass is 10.0. The summed E-state index contributed by atoms with van der Waals surface area (Å²) >= 11 is 0. The topological polar surface area (TPSA) is 194 Å². The first kappa shape index (κ1) is 31.1. The van der Waals surface area contributed by atoms with Crippen LogP contribution in [-0.4, -0.2) is 112 Å². The minimum Gasteiger partial charge on any atom is -0.494 e. The Morgan fingerprint density at radius 1 is 0.892 bits per heavy atom. The van der Waals surface area contributed by atoms with Gasteiger partial charge in [0.25, 0.3) is 0 Å². The van der Waals surface area contributed by atoms with Crippen molar-refractivity contribution in [2.24, 2.45) is 0 Å². The van der Waals surface area contributed by atoms with E-state index in [1.54, 1.807) is 31.2 Å². The van der Waals surface area contributed by atoms with Crippen LogP contribution in [0.15, 0.2) is 36.4 Å². The van der Waals surface area contributed by atoms with Crippen molar-refractivity contribution in [2.75, 3.05) is 45.9 Å². The third-order valence-corrected chi connectivity index (χ3v) is 5.04. The normalized spacial score (nSPS) is 11.6. The number of carboxylic acid groups (broad SMARTS) is 4. The van der Waals surface area contributed by atoms with E-state index in [1.165, 1.54) is 0 Å². The van der Waals surface area contributed by atoms with Gasteiger partial charge in [0.15, 0.2) is 0 Å². The number of benzene rings is 1. The van der Waals surface area contributed by atoms with Gasteiger partial charge in [-0.1, -0.05) is 18.7 Å². The Hall–Kier alpha value is -3.97. The second-order valence-corrected chi connectivity index (χ2v) is 8.39. The molecule has 0 saturated carbocycles. The molecule has 1 amide bonds. The molecule has 0 aliphatic carbocycles. The summed E-state index contributed by atoms with van der Waals surface area (Å²) in [5.41, 5.74) is 1.09. The van der Waals surface area contributed by atoms with E-state index < -0.39 is 56.1 Å². The maximum absolute atomic E-state index is 11.5. The van der Waals surface area contributed by atoms with Crippen LogP contribution in [0.3, 0.4) is 0 Å². The standard InChI is InChI=1S/C24H33N3O10/c1-16(2)24(36)25-8-3-9-37-19-6-4-17(5-7-19)10-18(27(14-22(32)33)15-23(34)35)11-26(12-20(28)29)13-21(30)31/h4-7,18H,1,3,8-15H2,2H3,(H,25,36)(H,28,29)(H,30,31)(H,32,33)(H,34,35). The van der Waals surface area contributed by atoms with Crippen LogP contribution in [0.4, 0.5) is 0 Å². The van der Waals surface area contributed by atoms with Crippen LogP contribution in [0.5, 0.6) is 5.75 Å². The SMILES string of the molecule is C=C(C)C(=O)NCCCOc1ccc(CC(CN(CC(=O)O)CC(=O)O)N(CC(=O)O)CC(=O)O)cc1. The van der Waals surface area contributed by atoms with E-state index >= 15 is 0 Å². The molecule has 1 aromatic rings. The van der Waals surface area contributed by atoms with Gasteiger partial charge in [-0.05, 0) is 37.5 Å². The fourth-order valence-corrected chi connectivity index (χ4v) is 3.45. The number of rotatable bonds is 19. The maximum Gasteiger partial charge on any atom is 0.317 e. The predicted molar refractivity (Wildman–Crippen MR) is 130 cm³/mol. The van der Waals surface area contributed by atoms with E-state index in [2.05, 4.69) is 11.9 Å². The highest BCUT2D eigenvalue weighted by atomic mass is 16.5. The van der Waals surface area contributed by atoms with Gasteiger partial charge in [-0.15, -0.1) is 0 Å². The molecule has 1 rings (SSSR count). The van der Waals surface area contributed by atoms with Crippen LogP contribution in [-0.2, 0) is 30.4 Å². The number of carboxylic acids is 4. The second-order valence-electron chi connectivity index (χ2n) is 8.39. The molecule has 0 bridgehead atoms. The van der Waals surface area contributed by atoms with Gasteiger partial charge < -0.3 is 30.5 Å². The molecule has 204 valence electrons. The average Bonchev–Trinajstić information content (AvgIpc) is 2.77. The van der Waals surface area contributed by atoms with Crippen LogP contribution < -0.4 is 10.1 Å². The first-order valence-corrected chi connectivity index (χ1v) is 11.4. The van der Waals surface area contributed by atoms with Crippen molar-refractivity contribution in [3.8, 4) is 5.75 Å². The summed E-state index contributed by atoms with van der Waals surface area (Å²) in [6.07, 6.45) is 0.689. The fourth-order valence-electron chi connectivity index (χ4n) is 3.45. The van der Waals surface area contributed by atoms with Crippen LogP contribution >= 0.6 is 0 Å². The summed E-state index contributed by atoms with van der Waals surface area (Å²) in [7, 11) is 0. The molecule has 0 radical (unpaired) electrons. The maximum atomic E-state index is 11.5. The number of nitrogens with one attached hydrogen (secondary N) is 1. The van der Waals surface area contributed by atoms with Gasteiger partial charge in [0.05, 0.1) is 32.8 Å². The van der Waals surface area contributed by atoms with Gasteiger partial charge in [-0.2, -0.15) is 0 Å². The molecule has 1 aromatic carbocycles. The molecule has 0 spiro atoms. The van der Waals surface area contributed by atoms with Gasteiger partial charge in [-0.25, -0.2) is 0 Å². The van der Waals surface area contributed by atoms with Crippen molar-refractivity contribution in [3.05, 3.63) is 42.0 Å². The van der Waals surface area contributed by atoms with Crippen molar-refractivity contribution in [1.29, 1.82) is 0 Å². The summed E-state index contributed by atoms with van der Waals surface area (Å²) in [5, 5.41) is 39.5. The molecule has 0 saturated heterocycles. The molecule has 0 fully saturated rings. The van der Waals surface area contributed by atoms with E-state index in [0.717, 1.165) is 9.80 Å². The Balaban J connectivity index is 2.94. The number of carbonyl (C=O) groups excluding carboxylic acids is 1. The number of ether oxygens (including phenoxy) is 1. The Labute approximate surface area is 213 Å². The molecule has 5 N–H and O–H groups in total. The zero-order chi connectivity index (χ0) is 28.0. The molecule has 0 aliphatic rings. The molecule has 1 unspecified atom stereocenters. The first-order chi connectivity index (χ1) is 17.4. The summed E-state index contributed by atoms with van der Waals surface area (Å²) in [6.45, 7) is 3.23. The summed E-state index contributed by atoms with van der Waals surface area (Å²) in [5.74, 6) is -4.80. The van der Waals surface area contributed by atoms with Crippen molar-refractivity contribution in [3.63, 3.8) is 0 Å². The zero-order valence-corrected chi connectivity index (χ0v) is 20.6. The van der Waals surface area contributed by atoms with E-state index in [0.29, 0.717) is 36.5 Å². The molecule has 37 heavy (non-hydrogen) atoms. The number of amides is 1. The number of nitrogens with zero attached hydrogens (tertiary/aromatic N) is 2. The second kappa shape index (κ2) is 15.9. The highest BCUT2D eigenvalue weighted by Crippen LogP contribution is 2.16. The molecule has 0 heterocycles. The lowest BCUT2D eigenvalue weighted by Crippen LogP contribution is -2.50. The Kier molecular flexibility index (Phi) is 13.4. The van der Waals surface area contributed by atoms with Crippen LogP contribution in [0.2, 0.25) is 0 Å². The van der Waals surface area contributed by atoms with Crippen molar-refractivity contribution < 1.29 is 49.1 Å². The van der Waals surface area contributed by atoms with E-state index in [-0.39, 0.29) is 18.9 Å². The van der Waals surface area contributed by atoms with Gasteiger partial charge in [0, 0.05) is 24.7 Å². The smallest absolute Gasteiger partial charge is 0.317 e. The predicted octanol–water partition coefficient (Wildman–Crippen LogP) is 0.00130. The van der Waals surface area contributed by atoms with Gasteiger partial charge in [0.1, 0.15) is 5.75 Å². The summed E-state index contributed by atoms with van der Waals surface area (Å²) in [6, 6.07) is 5.93. The molecular formula is C24H33N3O10. The third kappa shape index (κ3) is 13.6. The lowest BCUT2D eigenvalue weighted by Gasteiger charge is -2.33. The first-order valence-electron chi connectivity index (χ1n) is 11.4. The number of carbonyl (C=O) groups is 5. The molecule has 13 heteroatoms. The van der Waals surface area contributed by atoms with Crippen molar-refractivity contribution in [1.82, 2.24) is 15.1 Å². The monoisotopic (exact) mass is 523 g/mol. The summed E-state index contributed by atoms with van der Waals surface area (Å²) < 4.78 is 5.63. The van der Waals surface area contributed by atoms with E-state index in [1.807, 2.05) is 0 Å². The molecule has 0 aromatic heterocycles.